The number of aromatic carboxylic acids is 1. The molecule has 0 aliphatic rings. The molecule has 3 aromatic rings. The number of aromatic nitrogens is 2. The van der Waals surface area contributed by atoms with Gasteiger partial charge < -0.3 is 20.6 Å². The third-order valence-corrected chi connectivity index (χ3v) is 5.10. The standard InChI is InChI=1S/C24H23N3O6/c1-14(22(29)30)11-18(25-21(28)19-13-20(23(31)32)27-24(33)26-19)12-15-7-9-17(10-8-15)16-5-3-2-4-6-16/h2-10,13-14,18H,11-12H2,1H3,(H,25,28)(H,29,30)(H,31,32)(H,26,27,33)/t14-,18?/m1/s1. The predicted molar refractivity (Wildman–Crippen MR) is 119 cm³/mol. The van der Waals surface area contributed by atoms with E-state index in [0.717, 1.165) is 22.8 Å². The van der Waals surface area contributed by atoms with Gasteiger partial charge in [0.25, 0.3) is 5.91 Å². The molecule has 1 aromatic heterocycles. The van der Waals surface area contributed by atoms with Crippen molar-refractivity contribution in [3.05, 3.63) is 77.6 Å². The summed E-state index contributed by atoms with van der Waals surface area (Å²) >= 11 is 0. The van der Waals surface area contributed by atoms with Crippen LogP contribution in [0.5, 0.6) is 6.01 Å². The van der Waals surface area contributed by atoms with Crippen molar-refractivity contribution in [1.82, 2.24) is 15.3 Å². The van der Waals surface area contributed by atoms with Crippen molar-refractivity contribution in [3.8, 4) is 17.1 Å². The number of amides is 1. The highest BCUT2D eigenvalue weighted by Crippen LogP contribution is 2.21. The smallest absolute Gasteiger partial charge is 0.354 e. The van der Waals surface area contributed by atoms with Gasteiger partial charge in [-0.1, -0.05) is 61.5 Å². The van der Waals surface area contributed by atoms with Crippen molar-refractivity contribution < 1.29 is 29.7 Å². The van der Waals surface area contributed by atoms with Crippen LogP contribution in [0.1, 0.15) is 39.9 Å². The van der Waals surface area contributed by atoms with Crippen molar-refractivity contribution in [2.75, 3.05) is 0 Å². The molecular formula is C24H23N3O6. The first-order chi connectivity index (χ1) is 15.7. The molecule has 0 fully saturated rings. The summed E-state index contributed by atoms with van der Waals surface area (Å²) in [6.45, 7) is 1.54. The number of nitrogens with zero attached hydrogens (tertiary/aromatic N) is 2. The number of hydrogen-bond donors (Lipinski definition) is 4. The fourth-order valence-electron chi connectivity index (χ4n) is 3.39. The SMILES string of the molecule is C[C@H](CC(Cc1ccc(-c2ccccc2)cc1)NC(=O)c1cc(C(=O)O)nc(O)n1)C(=O)O. The molecule has 33 heavy (non-hydrogen) atoms. The van der Waals surface area contributed by atoms with Gasteiger partial charge in [-0.3, -0.25) is 9.59 Å². The van der Waals surface area contributed by atoms with Crippen molar-refractivity contribution >= 4 is 17.8 Å². The number of rotatable bonds is 9. The molecule has 2 atom stereocenters. The van der Waals surface area contributed by atoms with Crippen LogP contribution in [0.25, 0.3) is 11.1 Å². The number of carbonyl (C=O) groups is 3. The monoisotopic (exact) mass is 449 g/mol. The maximum absolute atomic E-state index is 12.7. The number of hydrogen-bond acceptors (Lipinski definition) is 6. The second-order valence-electron chi connectivity index (χ2n) is 7.66. The van der Waals surface area contributed by atoms with Gasteiger partial charge in [0.1, 0.15) is 5.69 Å². The van der Waals surface area contributed by atoms with E-state index >= 15 is 0 Å². The highest BCUT2D eigenvalue weighted by Gasteiger charge is 2.23. The second kappa shape index (κ2) is 10.4. The number of carboxylic acid groups (broad SMARTS) is 2. The summed E-state index contributed by atoms with van der Waals surface area (Å²) in [5.74, 6) is -3.89. The average Bonchev–Trinajstić information content (AvgIpc) is 2.79. The summed E-state index contributed by atoms with van der Waals surface area (Å²) < 4.78 is 0. The highest BCUT2D eigenvalue weighted by atomic mass is 16.4. The zero-order valence-electron chi connectivity index (χ0n) is 17.8. The molecule has 1 unspecified atom stereocenters. The molecule has 0 aliphatic carbocycles. The van der Waals surface area contributed by atoms with Gasteiger partial charge in [0.05, 0.1) is 5.92 Å². The van der Waals surface area contributed by atoms with Crippen LogP contribution in [-0.2, 0) is 11.2 Å². The van der Waals surface area contributed by atoms with Gasteiger partial charge in [-0.2, -0.15) is 9.97 Å². The van der Waals surface area contributed by atoms with Gasteiger partial charge in [-0.25, -0.2) is 4.79 Å². The van der Waals surface area contributed by atoms with E-state index in [-0.39, 0.29) is 12.1 Å². The zero-order valence-corrected chi connectivity index (χ0v) is 17.8. The molecular weight excluding hydrogens is 426 g/mol. The van der Waals surface area contributed by atoms with E-state index in [4.69, 9.17) is 5.11 Å². The van der Waals surface area contributed by atoms with E-state index in [1.54, 1.807) is 6.92 Å². The second-order valence-corrected chi connectivity index (χ2v) is 7.66. The van der Waals surface area contributed by atoms with Crippen LogP contribution in [0, 0.1) is 5.92 Å². The number of carbonyl (C=O) groups excluding carboxylic acids is 1. The lowest BCUT2D eigenvalue weighted by molar-refractivity contribution is -0.141. The normalized spacial score (nSPS) is 12.5. The Kier molecular flexibility index (Phi) is 7.34. The van der Waals surface area contributed by atoms with Crippen LogP contribution < -0.4 is 5.32 Å². The van der Waals surface area contributed by atoms with Crippen LogP contribution in [0.3, 0.4) is 0 Å². The van der Waals surface area contributed by atoms with E-state index in [1.807, 2.05) is 54.6 Å². The molecule has 2 aromatic carbocycles. The summed E-state index contributed by atoms with van der Waals surface area (Å²) in [5.41, 5.74) is 2.11. The summed E-state index contributed by atoms with van der Waals surface area (Å²) in [5, 5.41) is 30.7. The minimum Gasteiger partial charge on any atom is -0.481 e. The number of nitrogens with one attached hydrogen (secondary N) is 1. The Labute approximate surface area is 189 Å². The van der Waals surface area contributed by atoms with Gasteiger partial charge >= 0.3 is 17.9 Å². The molecule has 0 spiro atoms. The molecule has 9 heteroatoms. The third-order valence-electron chi connectivity index (χ3n) is 5.10. The molecule has 0 saturated carbocycles. The Morgan fingerprint density at radius 2 is 1.52 bits per heavy atom. The molecule has 170 valence electrons. The number of carboxylic acids is 2. The predicted octanol–water partition coefficient (Wildman–Crippen LogP) is 3.00. The third kappa shape index (κ3) is 6.36. The molecule has 1 amide bonds. The topological polar surface area (TPSA) is 150 Å². The quantitative estimate of drug-likeness (QED) is 0.389. The van der Waals surface area contributed by atoms with E-state index in [9.17, 15) is 24.6 Å². The van der Waals surface area contributed by atoms with Gasteiger partial charge in [-0.15, -0.1) is 0 Å². The largest absolute Gasteiger partial charge is 0.481 e. The van der Waals surface area contributed by atoms with Gasteiger partial charge in [0.2, 0.25) is 0 Å². The minimum atomic E-state index is -1.42. The Balaban J connectivity index is 1.79. The lowest BCUT2D eigenvalue weighted by atomic mass is 9.95. The van der Waals surface area contributed by atoms with Crippen LogP contribution in [-0.4, -0.2) is 49.2 Å². The highest BCUT2D eigenvalue weighted by molar-refractivity contribution is 5.95. The van der Waals surface area contributed by atoms with Crippen molar-refractivity contribution in [2.45, 2.75) is 25.8 Å². The molecule has 0 bridgehead atoms. The molecule has 1 heterocycles. The Bertz CT molecular complexity index is 1150. The van der Waals surface area contributed by atoms with E-state index < -0.39 is 41.5 Å². The summed E-state index contributed by atoms with van der Waals surface area (Å²) in [6, 6.07) is 17.1. The van der Waals surface area contributed by atoms with E-state index in [1.165, 1.54) is 0 Å². The first kappa shape index (κ1) is 23.4. The molecule has 9 nitrogen and oxygen atoms in total. The molecule has 4 N–H and O–H groups in total. The first-order valence-corrected chi connectivity index (χ1v) is 10.2. The zero-order chi connectivity index (χ0) is 24.0. The van der Waals surface area contributed by atoms with Crippen molar-refractivity contribution in [2.24, 2.45) is 5.92 Å². The van der Waals surface area contributed by atoms with E-state index in [2.05, 4.69) is 15.3 Å². The van der Waals surface area contributed by atoms with Crippen LogP contribution in [0.15, 0.2) is 60.7 Å². The van der Waals surface area contributed by atoms with Gasteiger partial charge in [-0.05, 0) is 29.5 Å². The summed E-state index contributed by atoms with van der Waals surface area (Å²) in [4.78, 5) is 42.2. The van der Waals surface area contributed by atoms with Crippen molar-refractivity contribution in [3.63, 3.8) is 0 Å². The van der Waals surface area contributed by atoms with Gasteiger partial charge in [0.15, 0.2) is 5.69 Å². The van der Waals surface area contributed by atoms with E-state index in [0.29, 0.717) is 6.42 Å². The lowest BCUT2D eigenvalue weighted by Gasteiger charge is -2.21. The number of aromatic hydroxyl groups is 1. The number of benzene rings is 2. The van der Waals surface area contributed by atoms with Crippen LogP contribution in [0.4, 0.5) is 0 Å². The first-order valence-electron chi connectivity index (χ1n) is 10.2. The average molecular weight is 449 g/mol. The molecule has 0 aliphatic heterocycles. The van der Waals surface area contributed by atoms with Gasteiger partial charge in [0, 0.05) is 12.1 Å². The maximum Gasteiger partial charge on any atom is 0.354 e. The fourth-order valence-corrected chi connectivity index (χ4v) is 3.39. The Morgan fingerprint density at radius 1 is 0.909 bits per heavy atom. The van der Waals surface area contributed by atoms with Crippen LogP contribution >= 0.6 is 0 Å². The molecule has 3 rings (SSSR count). The molecule has 0 radical (unpaired) electrons. The molecule has 0 saturated heterocycles. The van der Waals surface area contributed by atoms with Crippen LogP contribution in [0.2, 0.25) is 0 Å². The Hall–Kier alpha value is -4.27. The number of aliphatic carboxylic acids is 1. The summed E-state index contributed by atoms with van der Waals surface area (Å²) in [7, 11) is 0. The fraction of sp³-hybridized carbons (Fsp3) is 0.208. The summed E-state index contributed by atoms with van der Waals surface area (Å²) in [6.07, 6.45) is 0.492. The maximum atomic E-state index is 12.7. The lowest BCUT2D eigenvalue weighted by Crippen LogP contribution is -2.39. The minimum absolute atomic E-state index is 0.143. The Morgan fingerprint density at radius 3 is 2.12 bits per heavy atom. The van der Waals surface area contributed by atoms with Crippen molar-refractivity contribution in [1.29, 1.82) is 0 Å².